The van der Waals surface area contributed by atoms with Gasteiger partial charge in [0.25, 0.3) is 0 Å². The molecule has 0 radical (unpaired) electrons. The summed E-state index contributed by atoms with van der Waals surface area (Å²) < 4.78 is 13.8. The Kier molecular flexibility index (Phi) is 5.54. The lowest BCUT2D eigenvalue weighted by Gasteiger charge is -2.34. The van der Waals surface area contributed by atoms with Crippen LogP contribution in [0.1, 0.15) is 40.5 Å². The molecule has 1 rings (SSSR count). The Morgan fingerprint density at radius 1 is 1.20 bits per heavy atom. The zero-order valence-corrected chi connectivity index (χ0v) is 12.6. The molecule has 4 heteroatoms. The number of anilines is 1. The maximum atomic E-state index is 13.8. The highest BCUT2D eigenvalue weighted by Gasteiger charge is 2.40. The number of hydrogen-bond donors (Lipinski definition) is 2. The summed E-state index contributed by atoms with van der Waals surface area (Å²) in [5.74, 6) is -0.956. The van der Waals surface area contributed by atoms with Gasteiger partial charge in [-0.2, -0.15) is 0 Å². The Hall–Kier alpha value is -1.58. The van der Waals surface area contributed by atoms with Gasteiger partial charge in [0.2, 0.25) is 0 Å². The average molecular weight is 281 g/mol. The first-order valence-electron chi connectivity index (χ1n) is 7.03. The molecule has 20 heavy (non-hydrogen) atoms. The Balaban J connectivity index is 3.14. The van der Waals surface area contributed by atoms with Crippen molar-refractivity contribution in [1.29, 1.82) is 0 Å². The van der Waals surface area contributed by atoms with Crippen LogP contribution in [0, 0.1) is 17.7 Å². The average Bonchev–Trinajstić information content (AvgIpc) is 2.30. The second-order valence-electron chi connectivity index (χ2n) is 6.19. The molecule has 2 N–H and O–H groups in total. The van der Waals surface area contributed by atoms with Gasteiger partial charge in [0, 0.05) is 0 Å². The molecule has 0 heterocycles. The van der Waals surface area contributed by atoms with Crippen LogP contribution in [0.4, 0.5) is 10.1 Å². The zero-order chi connectivity index (χ0) is 15.3. The molecule has 3 nitrogen and oxygen atoms in total. The molecule has 0 aliphatic heterocycles. The predicted molar refractivity (Wildman–Crippen MR) is 79.3 cm³/mol. The molecule has 1 aromatic carbocycles. The number of aliphatic carboxylic acids is 1. The first-order valence-corrected chi connectivity index (χ1v) is 7.03. The van der Waals surface area contributed by atoms with Crippen molar-refractivity contribution in [2.75, 3.05) is 5.32 Å². The third-order valence-corrected chi connectivity index (χ3v) is 3.17. The maximum absolute atomic E-state index is 13.8. The van der Waals surface area contributed by atoms with Crippen molar-refractivity contribution in [2.24, 2.45) is 11.8 Å². The number of carbonyl (C=O) groups is 1. The Morgan fingerprint density at radius 3 is 2.10 bits per heavy atom. The third kappa shape index (κ3) is 4.22. The highest BCUT2D eigenvalue weighted by Crippen LogP contribution is 2.30. The molecule has 0 atom stereocenters. The minimum Gasteiger partial charge on any atom is -0.480 e. The molecule has 0 aromatic heterocycles. The van der Waals surface area contributed by atoms with E-state index in [4.69, 9.17) is 0 Å². The number of benzene rings is 1. The molecule has 112 valence electrons. The van der Waals surface area contributed by atoms with E-state index >= 15 is 0 Å². The summed E-state index contributed by atoms with van der Waals surface area (Å²) in [5.41, 5.74) is -0.888. The van der Waals surface area contributed by atoms with Crippen LogP contribution in [-0.2, 0) is 4.79 Å². The smallest absolute Gasteiger partial charge is 0.329 e. The molecule has 0 aliphatic rings. The topological polar surface area (TPSA) is 49.3 Å². The normalized spacial score (nSPS) is 11.9. The number of hydrogen-bond acceptors (Lipinski definition) is 2. The van der Waals surface area contributed by atoms with Gasteiger partial charge in [-0.15, -0.1) is 0 Å². The van der Waals surface area contributed by atoms with E-state index in [9.17, 15) is 14.3 Å². The number of carboxylic acids is 1. The lowest BCUT2D eigenvalue weighted by molar-refractivity contribution is -0.143. The number of halogens is 1. The van der Waals surface area contributed by atoms with Gasteiger partial charge in [-0.1, -0.05) is 39.8 Å². The number of rotatable bonds is 7. The number of carboxylic acid groups (broad SMARTS) is 1. The van der Waals surface area contributed by atoms with E-state index in [1.807, 2.05) is 27.7 Å². The Morgan fingerprint density at radius 2 is 1.70 bits per heavy atom. The van der Waals surface area contributed by atoms with Crippen molar-refractivity contribution >= 4 is 11.7 Å². The summed E-state index contributed by atoms with van der Waals surface area (Å²) in [6, 6.07) is 6.20. The van der Waals surface area contributed by atoms with Gasteiger partial charge in [0.05, 0.1) is 5.69 Å². The first-order chi connectivity index (χ1) is 9.27. The van der Waals surface area contributed by atoms with Crippen LogP contribution in [0.25, 0.3) is 0 Å². The highest BCUT2D eigenvalue weighted by molar-refractivity contribution is 5.83. The fourth-order valence-corrected chi connectivity index (χ4v) is 2.63. The van der Waals surface area contributed by atoms with Crippen LogP contribution in [-0.4, -0.2) is 16.6 Å². The van der Waals surface area contributed by atoms with Crippen molar-refractivity contribution < 1.29 is 14.3 Å². The van der Waals surface area contributed by atoms with Crippen LogP contribution in [0.3, 0.4) is 0 Å². The molecule has 0 saturated carbocycles. The first kappa shape index (κ1) is 16.5. The van der Waals surface area contributed by atoms with Gasteiger partial charge in [0.15, 0.2) is 0 Å². The summed E-state index contributed by atoms with van der Waals surface area (Å²) in [5, 5.41) is 12.6. The maximum Gasteiger partial charge on any atom is 0.329 e. The van der Waals surface area contributed by atoms with E-state index in [-0.39, 0.29) is 17.5 Å². The van der Waals surface area contributed by atoms with Crippen LogP contribution in [0.2, 0.25) is 0 Å². The van der Waals surface area contributed by atoms with E-state index in [1.54, 1.807) is 18.2 Å². The van der Waals surface area contributed by atoms with Gasteiger partial charge in [-0.3, -0.25) is 0 Å². The largest absolute Gasteiger partial charge is 0.480 e. The van der Waals surface area contributed by atoms with Gasteiger partial charge in [0.1, 0.15) is 11.4 Å². The minimum atomic E-state index is -1.13. The quantitative estimate of drug-likeness (QED) is 0.789. The summed E-state index contributed by atoms with van der Waals surface area (Å²) >= 11 is 0. The number of nitrogens with one attached hydrogen (secondary N) is 1. The summed E-state index contributed by atoms with van der Waals surface area (Å²) in [4.78, 5) is 11.8. The molecule has 0 amide bonds. The van der Waals surface area contributed by atoms with Gasteiger partial charge < -0.3 is 10.4 Å². The van der Waals surface area contributed by atoms with Crippen LogP contribution in [0.15, 0.2) is 24.3 Å². The second-order valence-corrected chi connectivity index (χ2v) is 6.19. The summed E-state index contributed by atoms with van der Waals surface area (Å²) in [6.45, 7) is 7.89. The van der Waals surface area contributed by atoms with E-state index in [0.29, 0.717) is 12.8 Å². The molecule has 0 unspecified atom stereocenters. The van der Waals surface area contributed by atoms with Crippen molar-refractivity contribution in [3.63, 3.8) is 0 Å². The monoisotopic (exact) mass is 281 g/mol. The van der Waals surface area contributed by atoms with Crippen molar-refractivity contribution in [3.05, 3.63) is 30.1 Å². The predicted octanol–water partition coefficient (Wildman–Crippen LogP) is 4.15. The van der Waals surface area contributed by atoms with Crippen molar-refractivity contribution in [3.8, 4) is 0 Å². The van der Waals surface area contributed by atoms with Crippen LogP contribution in [0.5, 0.6) is 0 Å². The SMILES string of the molecule is CC(C)CC(CC(C)C)(Nc1ccccc1F)C(=O)O. The third-order valence-electron chi connectivity index (χ3n) is 3.17. The molecule has 0 bridgehead atoms. The molecule has 1 aromatic rings. The minimum absolute atomic E-state index is 0.198. The van der Waals surface area contributed by atoms with Gasteiger partial charge in [-0.05, 0) is 36.8 Å². The summed E-state index contributed by atoms with van der Waals surface area (Å²) in [7, 11) is 0. The second kappa shape index (κ2) is 6.73. The highest BCUT2D eigenvalue weighted by atomic mass is 19.1. The van der Waals surface area contributed by atoms with Gasteiger partial charge >= 0.3 is 5.97 Å². The van der Waals surface area contributed by atoms with E-state index in [2.05, 4.69) is 5.32 Å². The number of para-hydroxylation sites is 1. The summed E-state index contributed by atoms with van der Waals surface area (Å²) in [6.07, 6.45) is 0.906. The molecule has 0 saturated heterocycles. The fraction of sp³-hybridized carbons (Fsp3) is 0.562. The lowest BCUT2D eigenvalue weighted by atomic mass is 9.81. The molecule has 0 aliphatic carbocycles. The standard InChI is InChI=1S/C16H24FNO2/c1-11(2)9-16(15(19)20,10-12(3)4)18-14-8-6-5-7-13(14)17/h5-8,11-12,18H,9-10H2,1-4H3,(H,19,20). The van der Waals surface area contributed by atoms with Crippen LogP contribution < -0.4 is 5.32 Å². The van der Waals surface area contributed by atoms with Crippen molar-refractivity contribution in [1.82, 2.24) is 0 Å². The van der Waals surface area contributed by atoms with E-state index < -0.39 is 17.3 Å². The van der Waals surface area contributed by atoms with E-state index in [1.165, 1.54) is 6.07 Å². The lowest BCUT2D eigenvalue weighted by Crippen LogP contribution is -2.48. The van der Waals surface area contributed by atoms with Gasteiger partial charge in [-0.25, -0.2) is 9.18 Å². The molecule has 0 fully saturated rings. The molecular formula is C16H24FNO2. The van der Waals surface area contributed by atoms with Crippen molar-refractivity contribution in [2.45, 2.75) is 46.1 Å². The Labute approximate surface area is 120 Å². The zero-order valence-electron chi connectivity index (χ0n) is 12.6. The molecular weight excluding hydrogens is 257 g/mol. The van der Waals surface area contributed by atoms with E-state index in [0.717, 1.165) is 0 Å². The Bertz CT molecular complexity index is 448. The van der Waals surface area contributed by atoms with Crippen LogP contribution >= 0.6 is 0 Å². The fourth-order valence-electron chi connectivity index (χ4n) is 2.63. The molecule has 0 spiro atoms.